The van der Waals surface area contributed by atoms with E-state index in [9.17, 15) is 0 Å². The van der Waals surface area contributed by atoms with Gasteiger partial charge in [-0.15, -0.1) is 10.2 Å². The highest BCUT2D eigenvalue weighted by Gasteiger charge is 2.06. The third-order valence-corrected chi connectivity index (χ3v) is 2.98. The summed E-state index contributed by atoms with van der Waals surface area (Å²) in [5, 5.41) is 8.88. The Morgan fingerprint density at radius 1 is 1.31 bits per heavy atom. The summed E-state index contributed by atoms with van der Waals surface area (Å²) >= 11 is 1.61. The van der Waals surface area contributed by atoms with E-state index >= 15 is 0 Å². The van der Waals surface area contributed by atoms with Crippen molar-refractivity contribution in [1.82, 2.24) is 14.8 Å². The molecule has 0 unspecified atom stereocenters. The molecule has 0 amide bonds. The summed E-state index contributed by atoms with van der Waals surface area (Å²) in [5.41, 5.74) is 5.50. The third kappa shape index (κ3) is 4.09. The molecule has 7 heteroatoms. The summed E-state index contributed by atoms with van der Waals surface area (Å²) in [6.45, 7) is 2.35. The van der Waals surface area contributed by atoms with E-state index in [0.717, 1.165) is 16.7 Å². The number of nitrogens with zero attached hydrogens (tertiary/aromatic N) is 3. The lowest BCUT2D eigenvalue weighted by Crippen LogP contribution is -2.06. The van der Waals surface area contributed by atoms with Crippen LogP contribution in [-0.2, 0) is 23.1 Å². The highest BCUT2D eigenvalue weighted by molar-refractivity contribution is 7.99. The van der Waals surface area contributed by atoms with Crippen LogP contribution in [0.5, 0.6) is 0 Å². The SMILES string of the molecule is COCCOCCSc1nnc(CN)n1C. The van der Waals surface area contributed by atoms with E-state index in [4.69, 9.17) is 15.2 Å². The third-order valence-electron chi connectivity index (χ3n) is 2.00. The van der Waals surface area contributed by atoms with Crippen LogP contribution in [0.3, 0.4) is 0 Å². The summed E-state index contributed by atoms with van der Waals surface area (Å²) in [7, 11) is 3.57. The predicted molar refractivity (Wildman–Crippen MR) is 62.3 cm³/mol. The van der Waals surface area contributed by atoms with Gasteiger partial charge >= 0.3 is 0 Å². The average molecular weight is 246 g/mol. The summed E-state index contributed by atoms with van der Waals surface area (Å²) in [5.74, 6) is 1.64. The second-order valence-corrected chi connectivity index (χ2v) is 4.18. The van der Waals surface area contributed by atoms with Gasteiger partial charge in [0.1, 0.15) is 5.82 Å². The van der Waals surface area contributed by atoms with Crippen LogP contribution in [0.15, 0.2) is 5.16 Å². The number of ether oxygens (including phenoxy) is 2. The van der Waals surface area contributed by atoms with Crippen molar-refractivity contribution in [3.63, 3.8) is 0 Å². The number of methoxy groups -OCH3 is 1. The predicted octanol–water partition coefficient (Wildman–Crippen LogP) is 0.0289. The van der Waals surface area contributed by atoms with Gasteiger partial charge in [-0.1, -0.05) is 11.8 Å². The van der Waals surface area contributed by atoms with Crippen molar-refractivity contribution in [1.29, 1.82) is 0 Å². The first-order valence-electron chi connectivity index (χ1n) is 5.07. The Morgan fingerprint density at radius 2 is 2.12 bits per heavy atom. The molecule has 0 spiro atoms. The lowest BCUT2D eigenvalue weighted by Gasteiger charge is -2.03. The Morgan fingerprint density at radius 3 is 2.75 bits per heavy atom. The highest BCUT2D eigenvalue weighted by Crippen LogP contribution is 2.14. The molecule has 2 N–H and O–H groups in total. The standard InChI is InChI=1S/C9H18N4O2S/c1-13-8(7-10)11-12-9(13)16-6-5-15-4-3-14-2/h3-7,10H2,1-2H3. The zero-order valence-corrected chi connectivity index (χ0v) is 10.5. The maximum absolute atomic E-state index is 5.50. The van der Waals surface area contributed by atoms with Crippen LogP contribution in [-0.4, -0.2) is 47.4 Å². The van der Waals surface area contributed by atoms with E-state index in [-0.39, 0.29) is 0 Å². The van der Waals surface area contributed by atoms with Gasteiger partial charge in [0, 0.05) is 19.9 Å². The summed E-state index contributed by atoms with van der Waals surface area (Å²) < 4.78 is 12.1. The molecule has 0 aliphatic rings. The van der Waals surface area contributed by atoms with E-state index in [2.05, 4.69) is 10.2 Å². The van der Waals surface area contributed by atoms with Crippen LogP contribution in [0.25, 0.3) is 0 Å². The number of rotatable bonds is 8. The molecule has 0 atom stereocenters. The Bertz CT molecular complexity index is 306. The molecule has 1 aromatic heterocycles. The fourth-order valence-electron chi connectivity index (χ4n) is 1.08. The minimum absolute atomic E-state index is 0.411. The van der Waals surface area contributed by atoms with Gasteiger partial charge < -0.3 is 19.8 Å². The number of aromatic nitrogens is 3. The van der Waals surface area contributed by atoms with E-state index < -0.39 is 0 Å². The maximum atomic E-state index is 5.50. The van der Waals surface area contributed by atoms with Crippen molar-refractivity contribution in [2.75, 3.05) is 32.7 Å². The van der Waals surface area contributed by atoms with Crippen molar-refractivity contribution in [2.45, 2.75) is 11.7 Å². The average Bonchev–Trinajstić information content (AvgIpc) is 2.65. The normalized spacial score (nSPS) is 10.9. The molecule has 1 rings (SSSR count). The molecular weight excluding hydrogens is 228 g/mol. The van der Waals surface area contributed by atoms with Gasteiger partial charge in [-0.25, -0.2) is 0 Å². The topological polar surface area (TPSA) is 75.2 Å². The Kier molecular flexibility index (Phi) is 6.39. The molecule has 0 aliphatic heterocycles. The molecule has 1 aromatic rings. The van der Waals surface area contributed by atoms with Crippen LogP contribution in [0, 0.1) is 0 Å². The molecule has 6 nitrogen and oxygen atoms in total. The van der Waals surface area contributed by atoms with Crippen LogP contribution in [0.2, 0.25) is 0 Å². The van der Waals surface area contributed by atoms with Gasteiger partial charge in [-0.2, -0.15) is 0 Å². The first-order valence-corrected chi connectivity index (χ1v) is 6.06. The van der Waals surface area contributed by atoms with Gasteiger partial charge in [0.25, 0.3) is 0 Å². The first-order chi connectivity index (χ1) is 7.79. The lowest BCUT2D eigenvalue weighted by molar-refractivity contribution is 0.0790. The largest absolute Gasteiger partial charge is 0.382 e. The van der Waals surface area contributed by atoms with Crippen molar-refractivity contribution >= 4 is 11.8 Å². The zero-order chi connectivity index (χ0) is 11.8. The van der Waals surface area contributed by atoms with Crippen molar-refractivity contribution < 1.29 is 9.47 Å². The first kappa shape index (κ1) is 13.4. The fourth-order valence-corrected chi connectivity index (χ4v) is 1.87. The van der Waals surface area contributed by atoms with Crippen LogP contribution in [0.1, 0.15) is 5.82 Å². The van der Waals surface area contributed by atoms with Gasteiger partial charge in [-0.05, 0) is 0 Å². The number of hydrogen-bond acceptors (Lipinski definition) is 6. The molecule has 0 aromatic carbocycles. The van der Waals surface area contributed by atoms with Crippen molar-refractivity contribution in [3.8, 4) is 0 Å². The molecule has 0 saturated heterocycles. The summed E-state index contributed by atoms with van der Waals surface area (Å²) in [4.78, 5) is 0. The van der Waals surface area contributed by atoms with E-state index in [1.165, 1.54) is 0 Å². The van der Waals surface area contributed by atoms with Gasteiger partial charge in [0.05, 0.1) is 26.4 Å². The molecule has 0 saturated carbocycles. The smallest absolute Gasteiger partial charge is 0.191 e. The Balaban J connectivity index is 2.19. The Labute approximate surface area is 99.5 Å². The molecule has 0 fully saturated rings. The minimum Gasteiger partial charge on any atom is -0.382 e. The molecule has 92 valence electrons. The second-order valence-electron chi connectivity index (χ2n) is 3.12. The molecule has 16 heavy (non-hydrogen) atoms. The second kappa shape index (κ2) is 7.61. The van der Waals surface area contributed by atoms with E-state index in [0.29, 0.717) is 26.4 Å². The van der Waals surface area contributed by atoms with Gasteiger partial charge in [0.2, 0.25) is 0 Å². The van der Waals surface area contributed by atoms with E-state index in [1.54, 1.807) is 18.9 Å². The summed E-state index contributed by atoms with van der Waals surface area (Å²) in [6, 6.07) is 0. The quantitative estimate of drug-likeness (QED) is 0.515. The Hall–Kier alpha value is -0.630. The van der Waals surface area contributed by atoms with Gasteiger partial charge in [0.15, 0.2) is 5.16 Å². The van der Waals surface area contributed by atoms with Gasteiger partial charge in [-0.3, -0.25) is 0 Å². The monoisotopic (exact) mass is 246 g/mol. The highest BCUT2D eigenvalue weighted by atomic mass is 32.2. The van der Waals surface area contributed by atoms with Crippen molar-refractivity contribution in [2.24, 2.45) is 12.8 Å². The lowest BCUT2D eigenvalue weighted by atomic mass is 10.6. The van der Waals surface area contributed by atoms with E-state index in [1.807, 2.05) is 11.6 Å². The molecular formula is C9H18N4O2S. The fraction of sp³-hybridized carbons (Fsp3) is 0.778. The number of hydrogen-bond donors (Lipinski definition) is 1. The number of nitrogens with two attached hydrogens (primary N) is 1. The van der Waals surface area contributed by atoms with Crippen molar-refractivity contribution in [3.05, 3.63) is 5.82 Å². The van der Waals surface area contributed by atoms with Crippen LogP contribution >= 0.6 is 11.8 Å². The number of thioether (sulfide) groups is 1. The molecule has 0 radical (unpaired) electrons. The van der Waals surface area contributed by atoms with Crippen LogP contribution in [0.4, 0.5) is 0 Å². The molecule has 0 bridgehead atoms. The minimum atomic E-state index is 0.411. The molecule has 0 aliphatic carbocycles. The molecule has 1 heterocycles. The maximum Gasteiger partial charge on any atom is 0.191 e. The van der Waals surface area contributed by atoms with Crippen LogP contribution < -0.4 is 5.73 Å². The zero-order valence-electron chi connectivity index (χ0n) is 9.68. The summed E-state index contributed by atoms with van der Waals surface area (Å²) in [6.07, 6.45) is 0.